The lowest BCUT2D eigenvalue weighted by molar-refractivity contribution is 0.225. The number of pyridine rings is 1. The summed E-state index contributed by atoms with van der Waals surface area (Å²) in [7, 11) is 4.22. The Morgan fingerprint density at radius 2 is 1.56 bits per heavy atom. The fourth-order valence-corrected chi connectivity index (χ4v) is 2.91. The van der Waals surface area contributed by atoms with Crippen LogP contribution in [-0.2, 0) is 13.1 Å². The van der Waals surface area contributed by atoms with Crippen LogP contribution >= 0.6 is 0 Å². The molecule has 0 spiro atoms. The SMILES string of the molecule is Cc1ccccc1CN(CCN(C)C)Cc1cnc(-c2ccccn2)nc1. The molecule has 0 fully saturated rings. The molecule has 0 aliphatic carbocycles. The number of benzene rings is 1. The van der Waals surface area contributed by atoms with Gasteiger partial charge in [0.05, 0.1) is 0 Å². The van der Waals surface area contributed by atoms with Crippen molar-refractivity contribution in [2.24, 2.45) is 0 Å². The maximum atomic E-state index is 4.51. The van der Waals surface area contributed by atoms with Gasteiger partial charge in [-0.05, 0) is 44.3 Å². The van der Waals surface area contributed by atoms with Crippen LogP contribution in [0.5, 0.6) is 0 Å². The molecule has 2 aromatic heterocycles. The van der Waals surface area contributed by atoms with E-state index >= 15 is 0 Å². The van der Waals surface area contributed by atoms with E-state index in [1.54, 1.807) is 6.20 Å². The van der Waals surface area contributed by atoms with Gasteiger partial charge in [0.2, 0.25) is 0 Å². The number of hydrogen-bond acceptors (Lipinski definition) is 5. The van der Waals surface area contributed by atoms with Gasteiger partial charge >= 0.3 is 0 Å². The minimum atomic E-state index is 0.665. The molecule has 27 heavy (non-hydrogen) atoms. The summed E-state index contributed by atoms with van der Waals surface area (Å²) >= 11 is 0. The topological polar surface area (TPSA) is 45.2 Å². The second kappa shape index (κ2) is 9.35. The summed E-state index contributed by atoms with van der Waals surface area (Å²) < 4.78 is 0. The van der Waals surface area contributed by atoms with Crippen molar-refractivity contribution < 1.29 is 0 Å². The van der Waals surface area contributed by atoms with Crippen LogP contribution in [0, 0.1) is 6.92 Å². The molecule has 140 valence electrons. The van der Waals surface area contributed by atoms with Gasteiger partial charge in [0.15, 0.2) is 5.82 Å². The largest absolute Gasteiger partial charge is 0.308 e. The third-order valence-corrected chi connectivity index (χ3v) is 4.52. The first kappa shape index (κ1) is 19.1. The monoisotopic (exact) mass is 361 g/mol. The van der Waals surface area contributed by atoms with E-state index < -0.39 is 0 Å². The Hall–Kier alpha value is -2.63. The lowest BCUT2D eigenvalue weighted by atomic mass is 10.1. The lowest BCUT2D eigenvalue weighted by Crippen LogP contribution is -2.31. The quantitative estimate of drug-likeness (QED) is 0.615. The Morgan fingerprint density at radius 3 is 2.22 bits per heavy atom. The molecule has 0 unspecified atom stereocenters. The zero-order valence-corrected chi connectivity index (χ0v) is 16.3. The molecule has 0 aliphatic rings. The van der Waals surface area contributed by atoms with Crippen molar-refractivity contribution in [1.82, 2.24) is 24.8 Å². The van der Waals surface area contributed by atoms with Crippen LogP contribution < -0.4 is 0 Å². The second-order valence-corrected chi connectivity index (χ2v) is 7.07. The van der Waals surface area contributed by atoms with Crippen molar-refractivity contribution in [3.63, 3.8) is 0 Å². The van der Waals surface area contributed by atoms with Gasteiger partial charge in [-0.1, -0.05) is 30.3 Å². The zero-order chi connectivity index (χ0) is 19.1. The minimum absolute atomic E-state index is 0.665. The number of hydrogen-bond donors (Lipinski definition) is 0. The molecule has 0 N–H and O–H groups in total. The number of rotatable bonds is 8. The fraction of sp³-hybridized carbons (Fsp3) is 0.318. The highest BCUT2D eigenvalue weighted by Crippen LogP contribution is 2.14. The number of aromatic nitrogens is 3. The number of nitrogens with zero attached hydrogens (tertiary/aromatic N) is 5. The minimum Gasteiger partial charge on any atom is -0.308 e. The summed E-state index contributed by atoms with van der Waals surface area (Å²) in [4.78, 5) is 18.0. The summed E-state index contributed by atoms with van der Waals surface area (Å²) in [5.74, 6) is 0.665. The van der Waals surface area contributed by atoms with Crippen LogP contribution in [0.2, 0.25) is 0 Å². The molecule has 0 radical (unpaired) electrons. The molecule has 0 saturated carbocycles. The van der Waals surface area contributed by atoms with E-state index in [-0.39, 0.29) is 0 Å². The van der Waals surface area contributed by atoms with Crippen LogP contribution in [0.15, 0.2) is 61.1 Å². The molecule has 0 aliphatic heterocycles. The molecule has 1 aromatic carbocycles. The van der Waals surface area contributed by atoms with Gasteiger partial charge in [-0.2, -0.15) is 0 Å². The molecule has 0 amide bonds. The highest BCUT2D eigenvalue weighted by atomic mass is 15.2. The molecule has 0 saturated heterocycles. The maximum Gasteiger partial charge on any atom is 0.178 e. The van der Waals surface area contributed by atoms with Crippen molar-refractivity contribution in [3.8, 4) is 11.5 Å². The second-order valence-electron chi connectivity index (χ2n) is 7.07. The Labute approximate surface area is 161 Å². The first-order valence-corrected chi connectivity index (χ1v) is 9.26. The highest BCUT2D eigenvalue weighted by Gasteiger charge is 2.10. The van der Waals surface area contributed by atoms with Gasteiger partial charge in [0.1, 0.15) is 5.69 Å². The van der Waals surface area contributed by atoms with Crippen LogP contribution in [0.25, 0.3) is 11.5 Å². The van der Waals surface area contributed by atoms with Gasteiger partial charge in [-0.25, -0.2) is 9.97 Å². The van der Waals surface area contributed by atoms with Crippen LogP contribution in [-0.4, -0.2) is 51.9 Å². The van der Waals surface area contributed by atoms with Crippen LogP contribution in [0.3, 0.4) is 0 Å². The van der Waals surface area contributed by atoms with E-state index in [9.17, 15) is 0 Å². The van der Waals surface area contributed by atoms with Gasteiger partial charge in [-0.3, -0.25) is 9.88 Å². The van der Waals surface area contributed by atoms with Gasteiger partial charge < -0.3 is 4.90 Å². The number of aryl methyl sites for hydroxylation is 1. The molecular weight excluding hydrogens is 334 g/mol. The van der Waals surface area contributed by atoms with Crippen LogP contribution in [0.4, 0.5) is 0 Å². The molecule has 0 atom stereocenters. The molecule has 0 bridgehead atoms. The van der Waals surface area contributed by atoms with Crippen molar-refractivity contribution >= 4 is 0 Å². The molecule has 5 heteroatoms. The Balaban J connectivity index is 1.72. The van der Waals surface area contributed by atoms with Crippen molar-refractivity contribution in [2.45, 2.75) is 20.0 Å². The maximum absolute atomic E-state index is 4.51. The third kappa shape index (κ3) is 5.67. The first-order valence-electron chi connectivity index (χ1n) is 9.26. The summed E-state index contributed by atoms with van der Waals surface area (Å²) in [5, 5.41) is 0. The van der Waals surface area contributed by atoms with Crippen molar-refractivity contribution in [3.05, 3.63) is 77.7 Å². The smallest absolute Gasteiger partial charge is 0.178 e. The standard InChI is InChI=1S/C22H27N5/c1-18-8-4-5-9-20(18)17-27(13-12-26(2)3)16-19-14-24-22(25-15-19)21-10-6-7-11-23-21/h4-11,14-15H,12-13,16-17H2,1-3H3. The van der Waals surface area contributed by atoms with Crippen LogP contribution in [0.1, 0.15) is 16.7 Å². The Bertz CT molecular complexity index is 831. The van der Waals surface area contributed by atoms with Crippen molar-refractivity contribution in [2.75, 3.05) is 27.2 Å². The molecule has 5 nitrogen and oxygen atoms in total. The van der Waals surface area contributed by atoms with Crippen molar-refractivity contribution in [1.29, 1.82) is 0 Å². The van der Waals surface area contributed by atoms with E-state index in [1.165, 1.54) is 11.1 Å². The predicted molar refractivity (Wildman–Crippen MR) is 109 cm³/mol. The van der Waals surface area contributed by atoms with E-state index in [1.807, 2.05) is 30.6 Å². The average Bonchev–Trinajstić information content (AvgIpc) is 2.69. The molecular formula is C22H27N5. The summed E-state index contributed by atoms with van der Waals surface area (Å²) in [6.07, 6.45) is 5.59. The summed E-state index contributed by atoms with van der Waals surface area (Å²) in [5.41, 5.74) is 4.60. The highest BCUT2D eigenvalue weighted by molar-refractivity contribution is 5.47. The van der Waals surface area contributed by atoms with E-state index in [2.05, 4.69) is 70.0 Å². The first-order chi connectivity index (χ1) is 13.1. The van der Waals surface area contributed by atoms with Gasteiger partial charge in [-0.15, -0.1) is 0 Å². The molecule has 3 aromatic rings. The predicted octanol–water partition coefficient (Wildman–Crippen LogP) is 3.41. The molecule has 3 rings (SSSR count). The van der Waals surface area contributed by atoms with E-state index in [4.69, 9.17) is 0 Å². The lowest BCUT2D eigenvalue weighted by Gasteiger charge is -2.25. The Kier molecular flexibility index (Phi) is 6.63. The fourth-order valence-electron chi connectivity index (χ4n) is 2.91. The normalized spacial score (nSPS) is 11.3. The summed E-state index contributed by atoms with van der Waals surface area (Å²) in [6, 6.07) is 14.3. The third-order valence-electron chi connectivity index (χ3n) is 4.52. The van der Waals surface area contributed by atoms with Gasteiger partial charge in [0, 0.05) is 50.3 Å². The van der Waals surface area contributed by atoms with E-state index in [0.717, 1.165) is 37.4 Å². The Morgan fingerprint density at radius 1 is 0.815 bits per heavy atom. The summed E-state index contributed by atoms with van der Waals surface area (Å²) in [6.45, 7) is 5.92. The average molecular weight is 361 g/mol. The van der Waals surface area contributed by atoms with E-state index in [0.29, 0.717) is 5.82 Å². The zero-order valence-electron chi connectivity index (χ0n) is 16.3. The van der Waals surface area contributed by atoms with Gasteiger partial charge in [0.25, 0.3) is 0 Å². The molecule has 2 heterocycles. The number of likely N-dealkylation sites (N-methyl/N-ethyl adjacent to an activating group) is 1.